The molecule has 4 aromatic rings. The van der Waals surface area contributed by atoms with Gasteiger partial charge in [0.2, 0.25) is 5.89 Å². The van der Waals surface area contributed by atoms with Crippen LogP contribution in [0.5, 0.6) is 0 Å². The molecular weight excluding hydrogens is 478 g/mol. The maximum atomic E-state index is 13.3. The number of aliphatic carboxylic acids is 1. The smallest absolute Gasteiger partial charge is 0.333 e. The number of benzene rings is 2. The van der Waals surface area contributed by atoms with Crippen molar-refractivity contribution in [2.24, 2.45) is 0 Å². The van der Waals surface area contributed by atoms with Crippen LogP contribution in [-0.2, 0) is 15.1 Å². The second-order valence-electron chi connectivity index (χ2n) is 9.25. The van der Waals surface area contributed by atoms with Crippen LogP contribution >= 0.6 is 0 Å². The molecule has 1 aliphatic carbocycles. The van der Waals surface area contributed by atoms with Crippen LogP contribution in [0.2, 0.25) is 0 Å². The molecule has 1 fully saturated rings. The Kier molecular flexibility index (Phi) is 7.40. The molecule has 7 heteroatoms. The zero-order valence-electron chi connectivity index (χ0n) is 20.7. The number of carboxylic acid groups (broad SMARTS) is 1. The fourth-order valence-electron chi connectivity index (χ4n) is 4.92. The van der Waals surface area contributed by atoms with Gasteiger partial charge in [-0.15, -0.1) is 0 Å². The van der Waals surface area contributed by atoms with Crippen LogP contribution in [0.25, 0.3) is 17.5 Å². The highest BCUT2D eigenvalue weighted by Gasteiger charge is 2.52. The topological polar surface area (TPSA) is 105 Å². The number of nitrogens with one attached hydrogen (secondary N) is 1. The Hall–Kier alpha value is -4.58. The van der Waals surface area contributed by atoms with Gasteiger partial charge >= 0.3 is 5.97 Å². The number of hydrogen-bond acceptors (Lipinski definition) is 6. The number of nitrogens with zero attached hydrogens (tertiary/aromatic N) is 2. The van der Waals surface area contributed by atoms with E-state index in [0.29, 0.717) is 17.5 Å². The maximum absolute atomic E-state index is 13.3. The summed E-state index contributed by atoms with van der Waals surface area (Å²) < 4.78 is 5.55. The Morgan fingerprint density at radius 1 is 1.11 bits per heavy atom. The molecule has 0 bridgehead atoms. The number of carboxylic acids is 1. The fraction of sp³-hybridized carbons (Fsp3) is 0.194. The zero-order valence-corrected chi connectivity index (χ0v) is 20.7. The molecule has 7 nitrogen and oxygen atoms in total. The van der Waals surface area contributed by atoms with E-state index < -0.39 is 11.5 Å². The van der Waals surface area contributed by atoms with E-state index in [1.165, 1.54) is 12.5 Å². The minimum atomic E-state index is -1.82. The molecule has 2 heterocycles. The fourth-order valence-corrected chi connectivity index (χ4v) is 4.92. The molecule has 1 unspecified atom stereocenters. The molecule has 0 saturated heterocycles. The third kappa shape index (κ3) is 5.11. The van der Waals surface area contributed by atoms with E-state index in [0.717, 1.165) is 17.5 Å². The number of hydrogen-bond donors (Lipinski definition) is 2. The number of carbonyl (C=O) groups is 1. The van der Waals surface area contributed by atoms with E-state index in [1.807, 2.05) is 60.6 Å². The van der Waals surface area contributed by atoms with Crippen LogP contribution in [0, 0.1) is 0 Å². The quantitative estimate of drug-likeness (QED) is 0.263. The molecule has 38 heavy (non-hydrogen) atoms. The van der Waals surface area contributed by atoms with Crippen LogP contribution in [0.4, 0.5) is 0 Å². The van der Waals surface area contributed by atoms with Gasteiger partial charge in [-0.2, -0.15) is 0 Å². The van der Waals surface area contributed by atoms with Gasteiger partial charge in [0.05, 0.1) is 6.20 Å². The van der Waals surface area contributed by atoms with Crippen molar-refractivity contribution in [3.05, 3.63) is 120 Å². The highest BCUT2D eigenvalue weighted by atomic mass is 16.4. The van der Waals surface area contributed by atoms with Crippen LogP contribution in [0.15, 0.2) is 108 Å². The van der Waals surface area contributed by atoms with Crippen molar-refractivity contribution in [1.82, 2.24) is 15.3 Å². The molecule has 0 radical (unpaired) electrons. The number of aromatic nitrogens is 2. The van der Waals surface area contributed by atoms with Crippen LogP contribution < -0.4 is 5.32 Å². The first kappa shape index (κ1) is 25.1. The van der Waals surface area contributed by atoms with E-state index in [-0.39, 0.29) is 29.8 Å². The summed E-state index contributed by atoms with van der Waals surface area (Å²) in [6.45, 7) is 0. The molecule has 1 aliphatic rings. The number of pyridine rings is 1. The van der Waals surface area contributed by atoms with Gasteiger partial charge in [0.15, 0.2) is 5.54 Å². The average molecular weight is 506 g/mol. The maximum Gasteiger partial charge on any atom is 0.333 e. The van der Waals surface area contributed by atoms with Crippen LogP contribution in [0.1, 0.15) is 41.9 Å². The lowest BCUT2D eigenvalue weighted by Crippen LogP contribution is -2.52. The van der Waals surface area contributed by atoms with Gasteiger partial charge in [0, 0.05) is 41.1 Å². The molecule has 2 N–H and O–H groups in total. The largest absolute Gasteiger partial charge is 0.479 e. The lowest BCUT2D eigenvalue weighted by molar-refractivity contribution is -0.143. The predicted molar refractivity (Wildman–Crippen MR) is 144 cm³/mol. The van der Waals surface area contributed by atoms with Gasteiger partial charge in [-0.3, -0.25) is 10.3 Å². The van der Waals surface area contributed by atoms with Gasteiger partial charge < -0.3 is 9.52 Å². The van der Waals surface area contributed by atoms with Crippen LogP contribution in [-0.4, -0.2) is 33.0 Å². The second-order valence-corrected chi connectivity index (χ2v) is 9.25. The van der Waals surface area contributed by atoms with Crippen molar-refractivity contribution in [1.29, 1.82) is 0 Å². The Bertz CT molecular complexity index is 1460. The SMILES string of the molecule is O=C=C(CCC=Cc1cccnc1)C(N[C@@H]1C[C@H]1c1ccccc1)(C(=O)O)c1ccccc1-c1ncco1. The number of carbonyl (C=O) groups excluding carboxylic acids is 1. The van der Waals surface area contributed by atoms with Crippen LogP contribution in [0.3, 0.4) is 0 Å². The molecule has 5 rings (SSSR count). The molecule has 190 valence electrons. The summed E-state index contributed by atoms with van der Waals surface area (Å²) in [6, 6.07) is 20.6. The lowest BCUT2D eigenvalue weighted by Gasteiger charge is -2.33. The molecule has 2 aromatic heterocycles. The highest BCUT2D eigenvalue weighted by molar-refractivity contribution is 5.91. The summed E-state index contributed by atoms with van der Waals surface area (Å²) in [5.74, 6) is 1.26. The van der Waals surface area contributed by atoms with Crippen molar-refractivity contribution < 1.29 is 19.1 Å². The molecule has 0 spiro atoms. The predicted octanol–water partition coefficient (Wildman–Crippen LogP) is 5.41. The van der Waals surface area contributed by atoms with E-state index in [2.05, 4.69) is 15.3 Å². The summed E-state index contributed by atoms with van der Waals surface area (Å²) in [5.41, 5.74) is 1.24. The van der Waals surface area contributed by atoms with Gasteiger partial charge in [-0.1, -0.05) is 66.7 Å². The highest BCUT2D eigenvalue weighted by Crippen LogP contribution is 2.46. The van der Waals surface area contributed by atoms with Crippen molar-refractivity contribution >= 4 is 18.0 Å². The molecule has 0 amide bonds. The number of oxazole rings is 1. The minimum Gasteiger partial charge on any atom is -0.479 e. The third-order valence-corrected chi connectivity index (χ3v) is 6.87. The van der Waals surface area contributed by atoms with Gasteiger partial charge in [0.1, 0.15) is 12.2 Å². The van der Waals surface area contributed by atoms with E-state index in [9.17, 15) is 14.7 Å². The summed E-state index contributed by atoms with van der Waals surface area (Å²) in [7, 11) is 0. The Morgan fingerprint density at radius 2 is 1.92 bits per heavy atom. The van der Waals surface area contributed by atoms with Crippen molar-refractivity contribution in [2.75, 3.05) is 0 Å². The van der Waals surface area contributed by atoms with E-state index in [1.54, 1.807) is 36.7 Å². The Morgan fingerprint density at radius 3 is 2.63 bits per heavy atom. The zero-order chi connectivity index (χ0) is 26.4. The summed E-state index contributed by atoms with van der Waals surface area (Å²) in [5, 5.41) is 14.2. The second kappa shape index (κ2) is 11.2. The van der Waals surface area contributed by atoms with Gasteiger partial charge in [-0.05, 0) is 42.5 Å². The summed E-state index contributed by atoms with van der Waals surface area (Å²) in [6.07, 6.45) is 11.6. The molecule has 1 saturated carbocycles. The van der Waals surface area contributed by atoms with Crippen molar-refractivity contribution in [3.8, 4) is 11.5 Å². The minimum absolute atomic E-state index is 0.110. The first-order valence-corrected chi connectivity index (χ1v) is 12.5. The van der Waals surface area contributed by atoms with E-state index in [4.69, 9.17) is 4.42 Å². The number of rotatable bonds is 11. The van der Waals surface area contributed by atoms with Gasteiger partial charge in [0.25, 0.3) is 0 Å². The molecule has 0 aliphatic heterocycles. The first-order chi connectivity index (χ1) is 18.6. The average Bonchev–Trinajstić information content (AvgIpc) is 3.50. The summed E-state index contributed by atoms with van der Waals surface area (Å²) >= 11 is 0. The Labute approximate surface area is 220 Å². The van der Waals surface area contributed by atoms with Gasteiger partial charge in [-0.25, -0.2) is 14.6 Å². The standard InChI is InChI=1S/C31H27N3O4/c35-21-24(13-5-4-9-22-10-8-16-32-20-22)31(30(36)37,34-28-19-26(28)23-11-2-1-3-12-23)27-15-7-6-14-25(27)29-33-17-18-38-29/h1-4,6-12,14-18,20,26,28,34H,5,13,19H2,(H,36,37)/t26-,28+,31?/m0/s1. The van der Waals surface area contributed by atoms with E-state index >= 15 is 0 Å². The molecular formula is C31H27N3O4. The number of allylic oxidation sites excluding steroid dienone is 1. The lowest BCUT2D eigenvalue weighted by atomic mass is 9.78. The summed E-state index contributed by atoms with van der Waals surface area (Å²) in [4.78, 5) is 34.1. The third-order valence-electron chi connectivity index (χ3n) is 6.87. The first-order valence-electron chi connectivity index (χ1n) is 12.5. The molecule has 3 atom stereocenters. The van der Waals surface area contributed by atoms with Crippen molar-refractivity contribution in [2.45, 2.75) is 36.8 Å². The Balaban J connectivity index is 1.52. The monoisotopic (exact) mass is 505 g/mol. The molecule has 2 aromatic carbocycles. The van der Waals surface area contributed by atoms with Crippen molar-refractivity contribution in [3.63, 3.8) is 0 Å². The normalized spacial score (nSPS) is 18.0.